The van der Waals surface area contributed by atoms with Gasteiger partial charge in [0.2, 0.25) is 0 Å². The molecule has 0 atom stereocenters. The van der Waals surface area contributed by atoms with Crippen molar-refractivity contribution >= 4 is 35.0 Å². The molecule has 1 aromatic heterocycles. The maximum Gasteiger partial charge on any atom is 0.105 e. The lowest BCUT2D eigenvalue weighted by Crippen LogP contribution is -1.86. The Kier molecular flexibility index (Phi) is 4.10. The van der Waals surface area contributed by atoms with Crippen LogP contribution in [0.3, 0.4) is 0 Å². The Labute approximate surface area is 109 Å². The zero-order valence-electron chi connectivity index (χ0n) is 8.36. The van der Waals surface area contributed by atoms with Crippen molar-refractivity contribution < 1.29 is 0 Å². The molecule has 4 heteroatoms. The minimum Gasteiger partial charge on any atom is -0.249 e. The minimum absolute atomic E-state index is 0.476. The molecular formula is C12H9Cl2NS. The summed E-state index contributed by atoms with van der Waals surface area (Å²) in [6.45, 7) is 0. The molecule has 82 valence electrons. The molecule has 0 fully saturated rings. The standard InChI is InChI=1S/C12H9Cl2NS/c13-8-9-2-1-7-15-12(9)16-11-5-3-10(14)4-6-11/h1-7H,8H2. The van der Waals surface area contributed by atoms with Crippen LogP contribution in [0.15, 0.2) is 52.5 Å². The van der Waals surface area contributed by atoms with Gasteiger partial charge in [-0.3, -0.25) is 0 Å². The van der Waals surface area contributed by atoms with E-state index < -0.39 is 0 Å². The molecule has 0 aliphatic carbocycles. The van der Waals surface area contributed by atoms with Crippen LogP contribution in [-0.4, -0.2) is 4.98 Å². The Morgan fingerprint density at radius 1 is 1.12 bits per heavy atom. The number of hydrogen-bond donors (Lipinski definition) is 0. The average Bonchev–Trinajstić information content (AvgIpc) is 2.33. The van der Waals surface area contributed by atoms with Crippen molar-refractivity contribution in [1.29, 1.82) is 0 Å². The summed E-state index contributed by atoms with van der Waals surface area (Å²) in [5, 5.41) is 1.68. The Balaban J connectivity index is 2.23. The van der Waals surface area contributed by atoms with Crippen molar-refractivity contribution in [3.05, 3.63) is 53.2 Å². The smallest absolute Gasteiger partial charge is 0.105 e. The van der Waals surface area contributed by atoms with Crippen LogP contribution in [0, 0.1) is 0 Å². The van der Waals surface area contributed by atoms with Gasteiger partial charge in [0, 0.05) is 16.1 Å². The lowest BCUT2D eigenvalue weighted by molar-refractivity contribution is 1.06. The number of hydrogen-bond acceptors (Lipinski definition) is 2. The third-order valence-electron chi connectivity index (χ3n) is 2.02. The summed E-state index contributed by atoms with van der Waals surface area (Å²) in [4.78, 5) is 5.42. The Morgan fingerprint density at radius 2 is 1.88 bits per heavy atom. The van der Waals surface area contributed by atoms with E-state index in [-0.39, 0.29) is 0 Å². The summed E-state index contributed by atoms with van der Waals surface area (Å²) in [5.41, 5.74) is 1.05. The van der Waals surface area contributed by atoms with Gasteiger partial charge in [0.1, 0.15) is 5.03 Å². The van der Waals surface area contributed by atoms with E-state index in [0.717, 1.165) is 20.5 Å². The number of alkyl halides is 1. The average molecular weight is 270 g/mol. The zero-order valence-corrected chi connectivity index (χ0v) is 10.7. The molecular weight excluding hydrogens is 261 g/mol. The maximum absolute atomic E-state index is 5.85. The predicted molar refractivity (Wildman–Crippen MR) is 69.4 cm³/mol. The summed E-state index contributed by atoms with van der Waals surface area (Å²) >= 11 is 13.3. The number of nitrogens with zero attached hydrogens (tertiary/aromatic N) is 1. The third-order valence-corrected chi connectivity index (χ3v) is 3.63. The van der Waals surface area contributed by atoms with Gasteiger partial charge in [-0.25, -0.2) is 4.98 Å². The quantitative estimate of drug-likeness (QED) is 0.754. The van der Waals surface area contributed by atoms with Crippen LogP contribution < -0.4 is 0 Å². The van der Waals surface area contributed by atoms with Crippen molar-refractivity contribution in [2.24, 2.45) is 0 Å². The van der Waals surface area contributed by atoms with E-state index in [1.165, 1.54) is 0 Å². The van der Waals surface area contributed by atoms with Gasteiger partial charge >= 0.3 is 0 Å². The molecule has 1 heterocycles. The Morgan fingerprint density at radius 3 is 2.56 bits per heavy atom. The Bertz CT molecular complexity index is 471. The van der Waals surface area contributed by atoms with E-state index in [0.29, 0.717) is 5.88 Å². The maximum atomic E-state index is 5.85. The number of pyridine rings is 1. The molecule has 0 unspecified atom stereocenters. The highest BCUT2D eigenvalue weighted by atomic mass is 35.5. The first-order chi connectivity index (χ1) is 7.79. The second-order valence-electron chi connectivity index (χ2n) is 3.16. The lowest BCUT2D eigenvalue weighted by Gasteiger charge is -2.04. The number of aromatic nitrogens is 1. The van der Waals surface area contributed by atoms with E-state index in [1.54, 1.807) is 18.0 Å². The largest absolute Gasteiger partial charge is 0.249 e. The van der Waals surface area contributed by atoms with E-state index >= 15 is 0 Å². The van der Waals surface area contributed by atoms with Crippen LogP contribution in [0.5, 0.6) is 0 Å². The van der Waals surface area contributed by atoms with Gasteiger partial charge in [-0.15, -0.1) is 11.6 Å². The molecule has 0 saturated heterocycles. The van der Waals surface area contributed by atoms with Crippen LogP contribution in [0.4, 0.5) is 0 Å². The van der Waals surface area contributed by atoms with Gasteiger partial charge in [-0.1, -0.05) is 29.4 Å². The summed E-state index contributed by atoms with van der Waals surface area (Å²) in [7, 11) is 0. The monoisotopic (exact) mass is 269 g/mol. The minimum atomic E-state index is 0.476. The molecule has 0 spiro atoms. The fourth-order valence-electron chi connectivity index (χ4n) is 1.23. The third kappa shape index (κ3) is 2.91. The van der Waals surface area contributed by atoms with Gasteiger partial charge in [0.05, 0.1) is 5.88 Å². The molecule has 2 aromatic rings. The molecule has 1 nitrogen and oxygen atoms in total. The lowest BCUT2D eigenvalue weighted by atomic mass is 10.3. The van der Waals surface area contributed by atoms with E-state index in [1.807, 2.05) is 36.4 Å². The molecule has 0 radical (unpaired) electrons. The van der Waals surface area contributed by atoms with Crippen molar-refractivity contribution in [1.82, 2.24) is 4.98 Å². The SMILES string of the molecule is ClCc1cccnc1Sc1ccc(Cl)cc1. The molecule has 0 bridgehead atoms. The van der Waals surface area contributed by atoms with Crippen LogP contribution in [-0.2, 0) is 5.88 Å². The second kappa shape index (κ2) is 5.58. The number of rotatable bonds is 3. The van der Waals surface area contributed by atoms with E-state index in [2.05, 4.69) is 4.98 Å². The molecule has 16 heavy (non-hydrogen) atoms. The van der Waals surface area contributed by atoms with E-state index in [4.69, 9.17) is 23.2 Å². The Hall–Kier alpha value is -0.700. The highest BCUT2D eigenvalue weighted by molar-refractivity contribution is 7.99. The molecule has 0 N–H and O–H groups in total. The van der Waals surface area contributed by atoms with Crippen LogP contribution in [0.25, 0.3) is 0 Å². The molecule has 0 aliphatic heterocycles. The molecule has 0 saturated carbocycles. The van der Waals surface area contributed by atoms with Gasteiger partial charge < -0.3 is 0 Å². The van der Waals surface area contributed by atoms with Crippen molar-refractivity contribution in [3.63, 3.8) is 0 Å². The van der Waals surface area contributed by atoms with Gasteiger partial charge in [0.25, 0.3) is 0 Å². The van der Waals surface area contributed by atoms with Crippen LogP contribution >= 0.6 is 35.0 Å². The second-order valence-corrected chi connectivity index (χ2v) is 4.92. The van der Waals surface area contributed by atoms with Gasteiger partial charge in [-0.2, -0.15) is 0 Å². The van der Waals surface area contributed by atoms with Crippen LogP contribution in [0.1, 0.15) is 5.56 Å². The molecule has 0 amide bonds. The highest BCUT2D eigenvalue weighted by Gasteiger charge is 2.04. The molecule has 2 rings (SSSR count). The predicted octanol–water partition coefficient (Wildman–Crippen LogP) is 4.63. The first-order valence-corrected chi connectivity index (χ1v) is 6.46. The fourth-order valence-corrected chi connectivity index (χ4v) is 2.53. The molecule has 0 aliphatic rings. The van der Waals surface area contributed by atoms with E-state index in [9.17, 15) is 0 Å². The van der Waals surface area contributed by atoms with Crippen molar-refractivity contribution in [3.8, 4) is 0 Å². The fraction of sp³-hybridized carbons (Fsp3) is 0.0833. The highest BCUT2D eigenvalue weighted by Crippen LogP contribution is 2.29. The van der Waals surface area contributed by atoms with Gasteiger partial charge in [0.15, 0.2) is 0 Å². The normalized spacial score (nSPS) is 10.4. The van der Waals surface area contributed by atoms with Crippen molar-refractivity contribution in [2.75, 3.05) is 0 Å². The number of benzene rings is 1. The summed E-state index contributed by atoms with van der Waals surface area (Å²) in [6.07, 6.45) is 1.77. The van der Waals surface area contributed by atoms with Crippen LogP contribution in [0.2, 0.25) is 5.02 Å². The van der Waals surface area contributed by atoms with Crippen molar-refractivity contribution in [2.45, 2.75) is 15.8 Å². The molecule has 1 aromatic carbocycles. The topological polar surface area (TPSA) is 12.9 Å². The first-order valence-electron chi connectivity index (χ1n) is 4.73. The number of halogens is 2. The summed E-state index contributed by atoms with van der Waals surface area (Å²) in [6, 6.07) is 11.6. The summed E-state index contributed by atoms with van der Waals surface area (Å²) in [5.74, 6) is 0.476. The first kappa shape index (κ1) is 11.8. The summed E-state index contributed by atoms with van der Waals surface area (Å²) < 4.78 is 0. The van der Waals surface area contributed by atoms with Gasteiger partial charge in [-0.05, 0) is 35.9 Å². The zero-order chi connectivity index (χ0) is 11.4.